The summed E-state index contributed by atoms with van der Waals surface area (Å²) < 4.78 is 40.9. The smallest absolute Gasteiger partial charge is 0.369 e. The molecule has 0 bridgehead atoms. The highest BCUT2D eigenvalue weighted by molar-refractivity contribution is 6.06. The van der Waals surface area contributed by atoms with Gasteiger partial charge in [-0.05, 0) is 43.2 Å². The van der Waals surface area contributed by atoms with Crippen molar-refractivity contribution in [2.45, 2.75) is 38.9 Å². The molecule has 0 radical (unpaired) electrons. The highest BCUT2D eigenvalue weighted by Gasteiger charge is 2.38. The predicted octanol–water partition coefficient (Wildman–Crippen LogP) is 5.22. The van der Waals surface area contributed by atoms with E-state index < -0.39 is 35.4 Å². The van der Waals surface area contributed by atoms with Crippen molar-refractivity contribution in [1.82, 2.24) is 9.97 Å². The van der Waals surface area contributed by atoms with Crippen LogP contribution in [-0.4, -0.2) is 34.9 Å². The van der Waals surface area contributed by atoms with E-state index in [2.05, 4.69) is 20.6 Å². The van der Waals surface area contributed by atoms with Gasteiger partial charge in [-0.3, -0.25) is 9.59 Å². The number of carbonyl (C=O) groups excluding carboxylic acids is 2. The van der Waals surface area contributed by atoms with Crippen LogP contribution in [0, 0.1) is 5.92 Å². The zero-order chi connectivity index (χ0) is 25.9. The first-order valence-electron chi connectivity index (χ1n) is 11.3. The Kier molecular flexibility index (Phi) is 8.36. The first-order valence-corrected chi connectivity index (χ1v) is 11.3. The van der Waals surface area contributed by atoms with Gasteiger partial charge in [-0.25, -0.2) is 4.98 Å². The maximum atomic E-state index is 13.6. The Labute approximate surface area is 213 Å². The van der Waals surface area contributed by atoms with Crippen LogP contribution in [-0.2, 0) is 11.0 Å². The Morgan fingerprint density at radius 1 is 1.08 bits per heavy atom. The van der Waals surface area contributed by atoms with E-state index in [4.69, 9.17) is 5.73 Å². The summed E-state index contributed by atoms with van der Waals surface area (Å²) in [7, 11) is 1.65. The summed E-state index contributed by atoms with van der Waals surface area (Å²) in [6.45, 7) is 0. The van der Waals surface area contributed by atoms with Crippen molar-refractivity contribution in [2.24, 2.45) is 11.7 Å². The summed E-state index contributed by atoms with van der Waals surface area (Å²) in [5.74, 6) is -1.94. The molecule has 0 unspecified atom stereocenters. The van der Waals surface area contributed by atoms with Crippen LogP contribution in [0.2, 0.25) is 0 Å². The third-order valence-electron chi connectivity index (χ3n) is 6.11. The third kappa shape index (κ3) is 6.35. The van der Waals surface area contributed by atoms with Crippen LogP contribution in [0.1, 0.15) is 42.6 Å². The minimum absolute atomic E-state index is 0. The van der Waals surface area contributed by atoms with E-state index >= 15 is 0 Å². The maximum absolute atomic E-state index is 13.6. The van der Waals surface area contributed by atoms with Crippen molar-refractivity contribution in [2.75, 3.05) is 22.6 Å². The second-order valence-corrected chi connectivity index (χ2v) is 8.55. The molecular weight excluding hydrogens is 485 g/mol. The molecule has 1 aliphatic carbocycles. The lowest BCUT2D eigenvalue weighted by atomic mass is 10.0. The number of anilines is 4. The molecule has 37 heavy (non-hydrogen) atoms. The number of carbonyl (C=O) groups is 2. The van der Waals surface area contributed by atoms with Crippen molar-refractivity contribution in [1.29, 1.82) is 0 Å². The SMILES string of the molecule is C.CN(C(=O)c1cccc(Nc2ncc(C(F)(F)F)c(N[C@@H]3CCC[C@@H]3C(N)=O)n2)c1)c1ccccc1. The molecule has 1 aliphatic rings. The Bertz CT molecular complexity index is 1250. The van der Waals surface area contributed by atoms with Gasteiger partial charge in [0.25, 0.3) is 5.91 Å². The molecule has 196 valence electrons. The summed E-state index contributed by atoms with van der Waals surface area (Å²) in [6.07, 6.45) is -2.35. The fraction of sp³-hybridized carbons (Fsp3) is 0.308. The summed E-state index contributed by atoms with van der Waals surface area (Å²) in [4.78, 5) is 34.0. The summed E-state index contributed by atoms with van der Waals surface area (Å²) >= 11 is 0. The number of benzene rings is 2. The summed E-state index contributed by atoms with van der Waals surface area (Å²) in [5.41, 5.74) is 5.87. The van der Waals surface area contributed by atoms with Gasteiger partial charge in [-0.15, -0.1) is 0 Å². The molecule has 1 heterocycles. The van der Waals surface area contributed by atoms with Gasteiger partial charge in [0.05, 0.1) is 5.92 Å². The van der Waals surface area contributed by atoms with Gasteiger partial charge in [-0.1, -0.05) is 38.1 Å². The fourth-order valence-electron chi connectivity index (χ4n) is 4.23. The standard InChI is InChI=1S/C25H25F3N6O2.CH4/c1-34(17-9-3-2-4-10-17)23(36)15-7-5-8-16(13-15)31-24-30-14-19(25(26,27)28)22(33-24)32-20-12-6-11-18(20)21(29)35;/h2-5,7-10,13-14,18,20H,6,11-12H2,1H3,(H2,29,35)(H2,30,31,32,33);1H4/t18-,20+;/m0./s1. The molecule has 2 amide bonds. The zero-order valence-electron chi connectivity index (χ0n) is 19.4. The number of nitrogens with zero attached hydrogens (tertiary/aromatic N) is 3. The molecular formula is C26H29F3N6O2. The normalized spacial score (nSPS) is 17.0. The first-order chi connectivity index (χ1) is 17.1. The Balaban J connectivity index is 0.00000380. The average Bonchev–Trinajstić information content (AvgIpc) is 3.32. The van der Waals surface area contributed by atoms with E-state index in [0.717, 1.165) is 0 Å². The lowest BCUT2D eigenvalue weighted by molar-refractivity contribution is -0.137. The number of nitrogens with two attached hydrogens (primary N) is 1. The monoisotopic (exact) mass is 514 g/mol. The molecule has 1 aromatic heterocycles. The minimum Gasteiger partial charge on any atom is -0.369 e. The largest absolute Gasteiger partial charge is 0.421 e. The van der Waals surface area contributed by atoms with Gasteiger partial charge in [-0.2, -0.15) is 18.2 Å². The van der Waals surface area contributed by atoms with Gasteiger partial charge in [0.2, 0.25) is 11.9 Å². The third-order valence-corrected chi connectivity index (χ3v) is 6.11. The average molecular weight is 515 g/mol. The Hall–Kier alpha value is -4.15. The number of amides is 2. The number of nitrogens with one attached hydrogen (secondary N) is 2. The molecule has 0 saturated heterocycles. The number of aromatic nitrogens is 2. The second-order valence-electron chi connectivity index (χ2n) is 8.55. The number of rotatable bonds is 7. The second kappa shape index (κ2) is 11.3. The van der Waals surface area contributed by atoms with Gasteiger partial charge < -0.3 is 21.3 Å². The zero-order valence-corrected chi connectivity index (χ0v) is 19.4. The van der Waals surface area contributed by atoms with Crippen molar-refractivity contribution in [3.05, 3.63) is 71.9 Å². The van der Waals surface area contributed by atoms with E-state index in [9.17, 15) is 22.8 Å². The molecule has 11 heteroatoms. The molecule has 0 aliphatic heterocycles. The highest BCUT2D eigenvalue weighted by Crippen LogP contribution is 2.36. The van der Waals surface area contributed by atoms with Crippen LogP contribution < -0.4 is 21.3 Å². The maximum Gasteiger partial charge on any atom is 0.421 e. The van der Waals surface area contributed by atoms with E-state index in [1.165, 1.54) is 4.90 Å². The molecule has 1 fully saturated rings. The van der Waals surface area contributed by atoms with E-state index in [1.54, 1.807) is 43.4 Å². The number of halogens is 3. The van der Waals surface area contributed by atoms with Crippen LogP contribution in [0.3, 0.4) is 0 Å². The molecule has 8 nitrogen and oxygen atoms in total. The lowest BCUT2D eigenvalue weighted by Gasteiger charge is -2.22. The van der Waals surface area contributed by atoms with Crippen molar-refractivity contribution >= 4 is 35.0 Å². The van der Waals surface area contributed by atoms with Crippen LogP contribution in [0.15, 0.2) is 60.8 Å². The molecule has 4 N–H and O–H groups in total. The first kappa shape index (κ1) is 27.4. The van der Waals surface area contributed by atoms with E-state index in [-0.39, 0.29) is 19.3 Å². The molecule has 0 spiro atoms. The van der Waals surface area contributed by atoms with Crippen LogP contribution in [0.25, 0.3) is 0 Å². The topological polar surface area (TPSA) is 113 Å². The number of hydrogen-bond acceptors (Lipinski definition) is 6. The Morgan fingerprint density at radius 2 is 1.81 bits per heavy atom. The van der Waals surface area contributed by atoms with E-state index in [0.29, 0.717) is 42.4 Å². The van der Waals surface area contributed by atoms with Gasteiger partial charge in [0.1, 0.15) is 11.4 Å². The molecule has 4 rings (SSSR count). The molecule has 1 saturated carbocycles. The summed E-state index contributed by atoms with van der Waals surface area (Å²) in [6, 6.07) is 15.0. The molecule has 3 aromatic rings. The van der Waals surface area contributed by atoms with E-state index in [1.807, 2.05) is 18.2 Å². The lowest BCUT2D eigenvalue weighted by Crippen LogP contribution is -2.35. The van der Waals surface area contributed by atoms with Crippen molar-refractivity contribution in [3.63, 3.8) is 0 Å². The van der Waals surface area contributed by atoms with Gasteiger partial charge in [0, 0.05) is 36.2 Å². The number of para-hydroxylation sites is 1. The molecule has 2 aromatic carbocycles. The number of primary amides is 1. The fourth-order valence-corrected chi connectivity index (χ4v) is 4.23. The highest BCUT2D eigenvalue weighted by atomic mass is 19.4. The van der Waals surface area contributed by atoms with Gasteiger partial charge >= 0.3 is 6.18 Å². The quantitative estimate of drug-likeness (QED) is 0.399. The number of hydrogen-bond donors (Lipinski definition) is 3. The minimum atomic E-state index is -4.70. The molecule has 2 atom stereocenters. The number of alkyl halides is 3. The Morgan fingerprint density at radius 3 is 2.49 bits per heavy atom. The summed E-state index contributed by atoms with van der Waals surface area (Å²) in [5, 5.41) is 5.63. The van der Waals surface area contributed by atoms with Crippen LogP contribution >= 0.6 is 0 Å². The van der Waals surface area contributed by atoms with Crippen LogP contribution in [0.5, 0.6) is 0 Å². The predicted molar refractivity (Wildman–Crippen MR) is 137 cm³/mol. The van der Waals surface area contributed by atoms with Gasteiger partial charge in [0.15, 0.2) is 0 Å². The van der Waals surface area contributed by atoms with Crippen molar-refractivity contribution in [3.8, 4) is 0 Å². The van der Waals surface area contributed by atoms with Crippen LogP contribution in [0.4, 0.5) is 36.3 Å². The van der Waals surface area contributed by atoms with Crippen molar-refractivity contribution < 1.29 is 22.8 Å².